The number of hydrogen-bond acceptors (Lipinski definition) is 5. The van der Waals surface area contributed by atoms with Crippen LogP contribution in [-0.4, -0.2) is 44.3 Å². The topological polar surface area (TPSA) is 95.6 Å². The van der Waals surface area contributed by atoms with E-state index < -0.39 is 22.5 Å². The number of benzene rings is 1. The Morgan fingerprint density at radius 1 is 1.10 bits per heavy atom. The Bertz CT molecular complexity index is 973. The molecule has 31 heavy (non-hydrogen) atoms. The number of nitrogens with zero attached hydrogens (tertiary/aromatic N) is 1. The van der Waals surface area contributed by atoms with Crippen LogP contribution in [0.4, 0.5) is 0 Å². The van der Waals surface area contributed by atoms with Crippen LogP contribution in [0.25, 0.3) is 0 Å². The molecule has 10 heteroatoms. The van der Waals surface area contributed by atoms with Gasteiger partial charge in [0, 0.05) is 15.9 Å². The Morgan fingerprint density at radius 3 is 2.45 bits per heavy atom. The summed E-state index contributed by atoms with van der Waals surface area (Å²) in [5, 5.41) is 5.32. The molecule has 0 atom stereocenters. The number of rotatable bonds is 9. The Balaban J connectivity index is 1.62. The quantitative estimate of drug-likeness (QED) is 0.572. The van der Waals surface area contributed by atoms with Crippen molar-refractivity contribution in [2.45, 2.75) is 49.6 Å². The minimum atomic E-state index is -3.87. The van der Waals surface area contributed by atoms with Crippen molar-refractivity contribution in [1.82, 2.24) is 14.9 Å². The van der Waals surface area contributed by atoms with Crippen LogP contribution in [0.2, 0.25) is 5.02 Å². The summed E-state index contributed by atoms with van der Waals surface area (Å²) in [6.07, 6.45) is 5.27. The molecule has 1 aliphatic rings. The number of carbonyl (C=O) groups excluding carboxylic acids is 2. The molecule has 3 rings (SSSR count). The number of nitrogens with one attached hydrogen (secondary N) is 2. The van der Waals surface area contributed by atoms with Crippen molar-refractivity contribution in [2.75, 3.05) is 13.1 Å². The molecule has 1 aromatic heterocycles. The molecule has 0 radical (unpaired) electrons. The van der Waals surface area contributed by atoms with Crippen molar-refractivity contribution < 1.29 is 18.0 Å². The van der Waals surface area contributed by atoms with Gasteiger partial charge >= 0.3 is 0 Å². The van der Waals surface area contributed by atoms with E-state index in [1.165, 1.54) is 46.9 Å². The second-order valence-electron chi connectivity index (χ2n) is 7.51. The van der Waals surface area contributed by atoms with Crippen molar-refractivity contribution in [3.63, 3.8) is 0 Å². The first-order valence-corrected chi connectivity index (χ1v) is 12.9. The monoisotopic (exact) mass is 483 g/mol. The normalized spacial score (nSPS) is 14.9. The van der Waals surface area contributed by atoms with Gasteiger partial charge in [-0.2, -0.15) is 0 Å². The molecule has 2 amide bonds. The van der Waals surface area contributed by atoms with Gasteiger partial charge in [-0.25, -0.2) is 13.1 Å². The van der Waals surface area contributed by atoms with Crippen molar-refractivity contribution in [3.05, 3.63) is 51.7 Å². The van der Waals surface area contributed by atoms with E-state index in [2.05, 4.69) is 10.0 Å². The lowest BCUT2D eigenvalue weighted by molar-refractivity contribution is -0.136. The summed E-state index contributed by atoms with van der Waals surface area (Å²) in [7, 11) is -3.87. The average Bonchev–Trinajstić information content (AvgIpc) is 3.26. The Kier molecular flexibility index (Phi) is 8.48. The highest BCUT2D eigenvalue weighted by Gasteiger charge is 2.23. The van der Waals surface area contributed by atoms with E-state index in [0.717, 1.165) is 30.6 Å². The van der Waals surface area contributed by atoms with Crippen LogP contribution in [0.15, 0.2) is 46.7 Å². The van der Waals surface area contributed by atoms with Gasteiger partial charge in [0.25, 0.3) is 0 Å². The van der Waals surface area contributed by atoms with E-state index in [1.807, 2.05) is 17.5 Å². The highest BCUT2D eigenvalue weighted by Crippen LogP contribution is 2.18. The average molecular weight is 484 g/mol. The molecule has 0 spiro atoms. The summed E-state index contributed by atoms with van der Waals surface area (Å²) >= 11 is 7.28. The highest BCUT2D eigenvalue weighted by molar-refractivity contribution is 7.89. The lowest BCUT2D eigenvalue weighted by atomic mass is 9.95. The van der Waals surface area contributed by atoms with Crippen molar-refractivity contribution in [2.24, 2.45) is 0 Å². The van der Waals surface area contributed by atoms with Crippen LogP contribution in [0.5, 0.6) is 0 Å². The number of sulfonamides is 1. The molecule has 2 aromatic rings. The number of amides is 2. The first-order valence-electron chi connectivity index (χ1n) is 10.2. The van der Waals surface area contributed by atoms with Gasteiger partial charge in [-0.1, -0.05) is 36.9 Å². The molecule has 1 aromatic carbocycles. The van der Waals surface area contributed by atoms with Gasteiger partial charge in [-0.05, 0) is 48.6 Å². The van der Waals surface area contributed by atoms with Crippen molar-refractivity contribution >= 4 is 44.8 Å². The molecule has 7 nitrogen and oxygen atoms in total. The molecule has 1 saturated carbocycles. The van der Waals surface area contributed by atoms with Crippen LogP contribution in [-0.2, 0) is 26.2 Å². The van der Waals surface area contributed by atoms with E-state index in [9.17, 15) is 18.0 Å². The van der Waals surface area contributed by atoms with Crippen LogP contribution in [0, 0.1) is 0 Å². The zero-order valence-electron chi connectivity index (χ0n) is 17.1. The minimum absolute atomic E-state index is 0.0181. The Morgan fingerprint density at radius 2 is 1.81 bits per heavy atom. The number of halogens is 1. The van der Waals surface area contributed by atoms with Gasteiger partial charge in [0.1, 0.15) is 0 Å². The summed E-state index contributed by atoms with van der Waals surface area (Å²) in [6.45, 7) is -0.305. The predicted molar refractivity (Wildman–Crippen MR) is 121 cm³/mol. The van der Waals surface area contributed by atoms with E-state index in [4.69, 9.17) is 11.6 Å². The molecule has 1 fully saturated rings. The molecule has 2 N–H and O–H groups in total. The van der Waals surface area contributed by atoms with Gasteiger partial charge in [-0.3, -0.25) is 9.59 Å². The minimum Gasteiger partial charge on any atom is -0.352 e. The second-order valence-corrected chi connectivity index (χ2v) is 10.7. The molecule has 0 aliphatic heterocycles. The number of thiophene rings is 1. The van der Waals surface area contributed by atoms with Gasteiger partial charge in [0.2, 0.25) is 21.8 Å². The molecule has 0 unspecified atom stereocenters. The standard InChI is InChI=1S/C21H26ClN3O4S2/c22-16-8-10-19(11-9-16)31(28,29)23-13-21(27)25(14-18-7-4-12-30-18)15-20(26)24-17-5-2-1-3-6-17/h4,7-12,17,23H,1-3,5-6,13-15H2,(H,24,26). The SMILES string of the molecule is O=C(CN(Cc1cccs1)C(=O)CNS(=O)(=O)c1ccc(Cl)cc1)NC1CCCCC1. The summed E-state index contributed by atoms with van der Waals surface area (Å²) in [4.78, 5) is 27.7. The molecular weight excluding hydrogens is 458 g/mol. The fourth-order valence-electron chi connectivity index (χ4n) is 3.48. The summed E-state index contributed by atoms with van der Waals surface area (Å²) < 4.78 is 27.3. The van der Waals surface area contributed by atoms with E-state index in [1.54, 1.807) is 0 Å². The summed E-state index contributed by atoms with van der Waals surface area (Å²) in [6, 6.07) is 9.57. The molecule has 0 saturated heterocycles. The van der Waals surface area contributed by atoms with Crippen LogP contribution >= 0.6 is 22.9 Å². The van der Waals surface area contributed by atoms with E-state index in [-0.39, 0.29) is 29.9 Å². The number of carbonyl (C=O) groups is 2. The van der Waals surface area contributed by atoms with Gasteiger partial charge < -0.3 is 10.2 Å². The second kappa shape index (κ2) is 11.1. The predicted octanol–water partition coefficient (Wildman–Crippen LogP) is 3.16. The maximum absolute atomic E-state index is 12.8. The van der Waals surface area contributed by atoms with Crippen LogP contribution < -0.4 is 10.0 Å². The van der Waals surface area contributed by atoms with Crippen molar-refractivity contribution in [3.8, 4) is 0 Å². The van der Waals surface area contributed by atoms with Gasteiger partial charge in [0.05, 0.1) is 24.5 Å². The fraction of sp³-hybridized carbons (Fsp3) is 0.429. The fourth-order valence-corrected chi connectivity index (χ4v) is 5.30. The lowest BCUT2D eigenvalue weighted by Crippen LogP contribution is -2.47. The maximum Gasteiger partial charge on any atom is 0.241 e. The largest absolute Gasteiger partial charge is 0.352 e. The smallest absolute Gasteiger partial charge is 0.241 e. The maximum atomic E-state index is 12.8. The zero-order chi connectivity index (χ0) is 22.3. The first kappa shape index (κ1) is 23.7. The molecular formula is C21H26ClN3O4S2. The van der Waals surface area contributed by atoms with Gasteiger partial charge in [-0.15, -0.1) is 11.3 Å². The molecule has 1 heterocycles. The van der Waals surface area contributed by atoms with E-state index >= 15 is 0 Å². The number of hydrogen-bond donors (Lipinski definition) is 2. The van der Waals surface area contributed by atoms with Gasteiger partial charge in [0.15, 0.2) is 0 Å². The van der Waals surface area contributed by atoms with Crippen LogP contribution in [0.3, 0.4) is 0 Å². The zero-order valence-corrected chi connectivity index (χ0v) is 19.4. The van der Waals surface area contributed by atoms with Crippen LogP contribution in [0.1, 0.15) is 37.0 Å². The molecule has 0 bridgehead atoms. The molecule has 1 aliphatic carbocycles. The third kappa shape index (κ3) is 7.31. The molecule has 168 valence electrons. The highest BCUT2D eigenvalue weighted by atomic mass is 35.5. The lowest BCUT2D eigenvalue weighted by Gasteiger charge is -2.26. The first-order chi connectivity index (χ1) is 14.8. The summed E-state index contributed by atoms with van der Waals surface area (Å²) in [5.41, 5.74) is 0. The Hall–Kier alpha value is -1.94. The Labute approximate surface area is 191 Å². The third-order valence-electron chi connectivity index (χ3n) is 5.12. The van der Waals surface area contributed by atoms with E-state index in [0.29, 0.717) is 5.02 Å². The summed E-state index contributed by atoms with van der Waals surface area (Å²) in [5.74, 6) is -0.693. The third-order valence-corrected chi connectivity index (χ3v) is 7.65. The van der Waals surface area contributed by atoms with Crippen molar-refractivity contribution in [1.29, 1.82) is 0 Å².